The van der Waals surface area contributed by atoms with Crippen molar-refractivity contribution in [2.24, 2.45) is 0 Å². The first-order valence-electron chi connectivity index (χ1n) is 9.99. The highest BCUT2D eigenvalue weighted by molar-refractivity contribution is 6.04. The van der Waals surface area contributed by atoms with Crippen LogP contribution in [0.25, 0.3) is 0 Å². The number of para-hydroxylation sites is 1. The van der Waals surface area contributed by atoms with Gasteiger partial charge in [0.25, 0.3) is 5.91 Å². The Morgan fingerprint density at radius 2 is 1.86 bits per heavy atom. The molecule has 0 unspecified atom stereocenters. The molecule has 0 radical (unpaired) electrons. The number of morpholine rings is 1. The zero-order valence-electron chi connectivity index (χ0n) is 16.7. The number of aromatic nitrogens is 2. The summed E-state index contributed by atoms with van der Waals surface area (Å²) in [5.74, 6) is 0.446. The van der Waals surface area contributed by atoms with E-state index in [1.54, 1.807) is 6.07 Å². The highest BCUT2D eigenvalue weighted by atomic mass is 16.5. The van der Waals surface area contributed by atoms with Crippen LogP contribution in [0.5, 0.6) is 0 Å². The van der Waals surface area contributed by atoms with E-state index in [1.807, 2.05) is 18.2 Å². The Morgan fingerprint density at radius 1 is 1.14 bits per heavy atom. The van der Waals surface area contributed by atoms with Gasteiger partial charge < -0.3 is 15.4 Å². The topological polar surface area (TPSA) is 79.4 Å². The van der Waals surface area contributed by atoms with E-state index < -0.39 is 0 Å². The van der Waals surface area contributed by atoms with Crippen LogP contribution in [0.15, 0.2) is 30.6 Å². The number of nitrogens with zero attached hydrogens (tertiary/aromatic N) is 3. The van der Waals surface area contributed by atoms with Gasteiger partial charge in [-0.2, -0.15) is 0 Å². The van der Waals surface area contributed by atoms with E-state index in [1.165, 1.54) is 6.33 Å². The SMILES string of the molecule is CCc1cccc(CC)c1NC(=O)c1cc(NCCN2CCOCC2)ncn1. The summed E-state index contributed by atoms with van der Waals surface area (Å²) < 4.78 is 5.36. The minimum atomic E-state index is -0.214. The van der Waals surface area contributed by atoms with Crippen LogP contribution in [0.1, 0.15) is 35.5 Å². The van der Waals surface area contributed by atoms with Crippen LogP contribution in [-0.4, -0.2) is 60.2 Å². The van der Waals surface area contributed by atoms with Crippen molar-refractivity contribution in [2.75, 3.05) is 50.0 Å². The van der Waals surface area contributed by atoms with E-state index in [0.29, 0.717) is 11.5 Å². The molecule has 1 aromatic carbocycles. The van der Waals surface area contributed by atoms with Gasteiger partial charge in [-0.15, -0.1) is 0 Å². The van der Waals surface area contributed by atoms with Crippen LogP contribution in [0.3, 0.4) is 0 Å². The molecule has 150 valence electrons. The molecule has 0 spiro atoms. The quantitative estimate of drug-likeness (QED) is 0.729. The maximum Gasteiger partial charge on any atom is 0.274 e. The number of amides is 1. The fourth-order valence-electron chi connectivity index (χ4n) is 3.33. The molecule has 3 rings (SSSR count). The Hall–Kier alpha value is -2.51. The van der Waals surface area contributed by atoms with Gasteiger partial charge in [0, 0.05) is 37.9 Å². The maximum absolute atomic E-state index is 12.8. The van der Waals surface area contributed by atoms with Gasteiger partial charge in [-0.3, -0.25) is 9.69 Å². The zero-order chi connectivity index (χ0) is 19.8. The Balaban J connectivity index is 1.62. The number of carbonyl (C=O) groups excluding carboxylic acids is 1. The minimum Gasteiger partial charge on any atom is -0.379 e. The van der Waals surface area contributed by atoms with Gasteiger partial charge in [0.15, 0.2) is 0 Å². The van der Waals surface area contributed by atoms with E-state index >= 15 is 0 Å². The molecule has 1 saturated heterocycles. The molecule has 2 aromatic rings. The highest BCUT2D eigenvalue weighted by Gasteiger charge is 2.14. The normalized spacial score (nSPS) is 14.6. The molecule has 1 aliphatic rings. The van der Waals surface area contributed by atoms with Crippen molar-refractivity contribution in [1.82, 2.24) is 14.9 Å². The molecule has 0 atom stereocenters. The van der Waals surface area contributed by atoms with Crippen molar-refractivity contribution < 1.29 is 9.53 Å². The fourth-order valence-corrected chi connectivity index (χ4v) is 3.33. The second-order valence-electron chi connectivity index (χ2n) is 6.78. The lowest BCUT2D eigenvalue weighted by Gasteiger charge is -2.26. The monoisotopic (exact) mass is 383 g/mol. The molecular weight excluding hydrogens is 354 g/mol. The summed E-state index contributed by atoms with van der Waals surface area (Å²) in [5, 5.41) is 6.34. The minimum absolute atomic E-state index is 0.214. The number of carbonyl (C=O) groups is 1. The molecule has 1 aromatic heterocycles. The van der Waals surface area contributed by atoms with E-state index in [2.05, 4.69) is 39.3 Å². The predicted octanol–water partition coefficient (Wildman–Crippen LogP) is 2.60. The lowest BCUT2D eigenvalue weighted by Crippen LogP contribution is -2.39. The van der Waals surface area contributed by atoms with Crippen LogP contribution in [-0.2, 0) is 17.6 Å². The van der Waals surface area contributed by atoms with Crippen molar-refractivity contribution in [3.63, 3.8) is 0 Å². The average molecular weight is 383 g/mol. The van der Waals surface area contributed by atoms with Crippen molar-refractivity contribution in [1.29, 1.82) is 0 Å². The standard InChI is InChI=1S/C21H29N5O2/c1-3-16-6-5-7-17(4-2)20(16)25-21(27)18-14-19(24-15-23-18)22-8-9-26-10-12-28-13-11-26/h5-7,14-15H,3-4,8-13H2,1-2H3,(H,25,27)(H,22,23,24). The van der Waals surface area contributed by atoms with E-state index in [-0.39, 0.29) is 5.91 Å². The fraction of sp³-hybridized carbons (Fsp3) is 0.476. The number of anilines is 2. The Labute approximate surface area is 166 Å². The van der Waals surface area contributed by atoms with Crippen LogP contribution < -0.4 is 10.6 Å². The summed E-state index contributed by atoms with van der Waals surface area (Å²) in [6, 6.07) is 7.84. The van der Waals surface area contributed by atoms with Crippen molar-refractivity contribution >= 4 is 17.4 Å². The first-order chi connectivity index (χ1) is 13.7. The molecule has 1 fully saturated rings. The van der Waals surface area contributed by atoms with Gasteiger partial charge in [-0.25, -0.2) is 9.97 Å². The van der Waals surface area contributed by atoms with Gasteiger partial charge in [-0.05, 0) is 24.0 Å². The van der Waals surface area contributed by atoms with E-state index in [9.17, 15) is 4.79 Å². The molecule has 0 aliphatic carbocycles. The summed E-state index contributed by atoms with van der Waals surface area (Å²) in [6.45, 7) is 9.34. The average Bonchev–Trinajstić information content (AvgIpc) is 2.75. The third-order valence-electron chi connectivity index (χ3n) is 4.97. The van der Waals surface area contributed by atoms with Crippen molar-refractivity contribution in [3.8, 4) is 0 Å². The predicted molar refractivity (Wildman–Crippen MR) is 111 cm³/mol. The molecule has 2 N–H and O–H groups in total. The molecule has 2 heterocycles. The molecule has 7 nitrogen and oxygen atoms in total. The maximum atomic E-state index is 12.8. The number of aryl methyl sites for hydroxylation is 2. The first kappa shape index (κ1) is 20.2. The van der Waals surface area contributed by atoms with Crippen LogP contribution in [0, 0.1) is 0 Å². The van der Waals surface area contributed by atoms with E-state index in [4.69, 9.17) is 4.74 Å². The smallest absolute Gasteiger partial charge is 0.274 e. The second kappa shape index (κ2) is 10.1. The highest BCUT2D eigenvalue weighted by Crippen LogP contribution is 2.23. The lowest BCUT2D eigenvalue weighted by molar-refractivity contribution is 0.0398. The number of hydrogen-bond donors (Lipinski definition) is 2. The summed E-state index contributed by atoms with van der Waals surface area (Å²) in [6.07, 6.45) is 3.15. The second-order valence-corrected chi connectivity index (χ2v) is 6.78. The molecule has 7 heteroatoms. The van der Waals surface area contributed by atoms with Crippen molar-refractivity contribution in [2.45, 2.75) is 26.7 Å². The molecule has 1 amide bonds. The third-order valence-corrected chi connectivity index (χ3v) is 4.97. The zero-order valence-corrected chi connectivity index (χ0v) is 16.7. The summed E-state index contributed by atoms with van der Waals surface area (Å²) in [5.41, 5.74) is 3.52. The summed E-state index contributed by atoms with van der Waals surface area (Å²) >= 11 is 0. The number of ether oxygens (including phenoxy) is 1. The van der Waals surface area contributed by atoms with Crippen LogP contribution >= 0.6 is 0 Å². The largest absolute Gasteiger partial charge is 0.379 e. The molecule has 28 heavy (non-hydrogen) atoms. The Kier molecular flexibility index (Phi) is 7.33. The van der Waals surface area contributed by atoms with Crippen LogP contribution in [0.2, 0.25) is 0 Å². The number of rotatable bonds is 8. The third kappa shape index (κ3) is 5.27. The van der Waals surface area contributed by atoms with Crippen LogP contribution in [0.4, 0.5) is 11.5 Å². The van der Waals surface area contributed by atoms with E-state index in [0.717, 1.165) is 69.0 Å². The number of nitrogens with one attached hydrogen (secondary N) is 2. The summed E-state index contributed by atoms with van der Waals surface area (Å²) in [4.78, 5) is 23.5. The molecule has 0 saturated carbocycles. The van der Waals surface area contributed by atoms with Gasteiger partial charge in [-0.1, -0.05) is 32.0 Å². The van der Waals surface area contributed by atoms with Gasteiger partial charge in [0.05, 0.1) is 13.2 Å². The number of hydrogen-bond acceptors (Lipinski definition) is 6. The molecule has 1 aliphatic heterocycles. The summed E-state index contributed by atoms with van der Waals surface area (Å²) in [7, 11) is 0. The Morgan fingerprint density at radius 3 is 2.54 bits per heavy atom. The first-order valence-corrected chi connectivity index (χ1v) is 9.99. The molecule has 0 bridgehead atoms. The lowest BCUT2D eigenvalue weighted by atomic mass is 10.0. The number of benzene rings is 1. The van der Waals surface area contributed by atoms with Gasteiger partial charge in [0.2, 0.25) is 0 Å². The van der Waals surface area contributed by atoms with Gasteiger partial charge in [0.1, 0.15) is 17.8 Å². The van der Waals surface area contributed by atoms with Gasteiger partial charge >= 0.3 is 0 Å². The Bertz CT molecular complexity index is 768. The van der Waals surface area contributed by atoms with Crippen molar-refractivity contribution in [3.05, 3.63) is 47.4 Å². The molecular formula is C21H29N5O2.